The van der Waals surface area contributed by atoms with Crippen LogP contribution in [0, 0.1) is 0 Å². The molecule has 1 heterocycles. The van der Waals surface area contributed by atoms with Gasteiger partial charge in [-0.15, -0.1) is 0 Å². The fraction of sp³-hybridized carbons (Fsp3) is 1.00. The van der Waals surface area contributed by atoms with Crippen molar-refractivity contribution in [2.75, 3.05) is 0 Å². The SMILES string of the molecule is CC1C(C)S1(=O)=O. The second kappa shape index (κ2) is 1.02. The summed E-state index contributed by atoms with van der Waals surface area (Å²) in [6.07, 6.45) is 0. The fourth-order valence-corrected chi connectivity index (χ4v) is 1.95. The van der Waals surface area contributed by atoms with Crippen LogP contribution in [-0.2, 0) is 9.84 Å². The van der Waals surface area contributed by atoms with Crippen LogP contribution >= 0.6 is 0 Å². The third-order valence-electron chi connectivity index (χ3n) is 1.62. The summed E-state index contributed by atoms with van der Waals surface area (Å²) in [4.78, 5) is 0. The maximum Gasteiger partial charge on any atom is 0.158 e. The highest BCUT2D eigenvalue weighted by atomic mass is 32.2. The first kappa shape index (κ1) is 5.09. The molecular formula is C4H8O2S. The van der Waals surface area contributed by atoms with Gasteiger partial charge in [-0.3, -0.25) is 0 Å². The van der Waals surface area contributed by atoms with E-state index in [0.717, 1.165) is 0 Å². The van der Waals surface area contributed by atoms with Gasteiger partial charge in [0.2, 0.25) is 0 Å². The molecule has 0 spiro atoms. The molecule has 1 rings (SSSR count). The normalized spacial score (nSPS) is 46.0. The van der Waals surface area contributed by atoms with Crippen LogP contribution in [0.5, 0.6) is 0 Å². The van der Waals surface area contributed by atoms with Crippen molar-refractivity contribution in [2.24, 2.45) is 0 Å². The molecule has 0 amide bonds. The Kier molecular flexibility index (Phi) is 0.743. The molecule has 7 heavy (non-hydrogen) atoms. The molecule has 1 saturated heterocycles. The van der Waals surface area contributed by atoms with Crippen LogP contribution in [0.4, 0.5) is 0 Å². The van der Waals surface area contributed by atoms with Gasteiger partial charge >= 0.3 is 0 Å². The molecule has 0 aromatic carbocycles. The Morgan fingerprint density at radius 2 is 1.29 bits per heavy atom. The lowest BCUT2D eigenvalue weighted by Crippen LogP contribution is -1.74. The van der Waals surface area contributed by atoms with Gasteiger partial charge in [0, 0.05) is 0 Å². The summed E-state index contributed by atoms with van der Waals surface area (Å²) >= 11 is 0. The van der Waals surface area contributed by atoms with Gasteiger partial charge in [0.25, 0.3) is 0 Å². The zero-order valence-corrected chi connectivity index (χ0v) is 5.20. The first-order valence-corrected chi connectivity index (χ1v) is 3.90. The van der Waals surface area contributed by atoms with Crippen molar-refractivity contribution in [3.05, 3.63) is 0 Å². The maximum absolute atomic E-state index is 10.4. The Hall–Kier alpha value is -0.0500. The molecule has 0 aromatic rings. The van der Waals surface area contributed by atoms with Crippen LogP contribution < -0.4 is 0 Å². The lowest BCUT2D eigenvalue weighted by atomic mass is 10.4. The Morgan fingerprint density at radius 3 is 1.29 bits per heavy atom. The van der Waals surface area contributed by atoms with Crippen molar-refractivity contribution in [3.63, 3.8) is 0 Å². The first-order chi connectivity index (χ1) is 3.07. The van der Waals surface area contributed by atoms with Crippen LogP contribution in [0.3, 0.4) is 0 Å². The Bertz CT molecular complexity index is 154. The molecule has 3 heteroatoms. The van der Waals surface area contributed by atoms with Crippen LogP contribution in [0.15, 0.2) is 0 Å². The van der Waals surface area contributed by atoms with E-state index in [1.54, 1.807) is 13.8 Å². The number of hydrogen-bond donors (Lipinski definition) is 0. The van der Waals surface area contributed by atoms with Crippen molar-refractivity contribution >= 4 is 9.84 Å². The molecule has 2 unspecified atom stereocenters. The maximum atomic E-state index is 10.4. The molecule has 0 aliphatic carbocycles. The quantitative estimate of drug-likeness (QED) is 0.428. The minimum Gasteiger partial charge on any atom is -0.228 e. The topological polar surface area (TPSA) is 34.1 Å². The lowest BCUT2D eigenvalue weighted by molar-refractivity contribution is 0.611. The minimum absolute atomic E-state index is 0.0625. The minimum atomic E-state index is -2.57. The molecule has 0 radical (unpaired) electrons. The van der Waals surface area contributed by atoms with E-state index in [1.165, 1.54) is 0 Å². The van der Waals surface area contributed by atoms with Gasteiger partial charge in [-0.1, -0.05) is 0 Å². The molecule has 1 aliphatic rings. The van der Waals surface area contributed by atoms with E-state index in [2.05, 4.69) is 0 Å². The predicted molar refractivity (Wildman–Crippen MR) is 27.8 cm³/mol. The number of sulfone groups is 1. The van der Waals surface area contributed by atoms with E-state index in [0.29, 0.717) is 0 Å². The van der Waals surface area contributed by atoms with Crippen molar-refractivity contribution in [1.29, 1.82) is 0 Å². The van der Waals surface area contributed by atoms with Crippen molar-refractivity contribution in [2.45, 2.75) is 24.3 Å². The van der Waals surface area contributed by atoms with Crippen molar-refractivity contribution in [3.8, 4) is 0 Å². The van der Waals surface area contributed by atoms with Crippen molar-refractivity contribution < 1.29 is 8.42 Å². The Balaban J connectivity index is 2.92. The van der Waals surface area contributed by atoms with Gasteiger partial charge in [-0.05, 0) is 13.8 Å². The molecule has 0 saturated carbocycles. The van der Waals surface area contributed by atoms with E-state index in [4.69, 9.17) is 0 Å². The van der Waals surface area contributed by atoms with Gasteiger partial charge in [-0.25, -0.2) is 8.42 Å². The van der Waals surface area contributed by atoms with Gasteiger partial charge in [-0.2, -0.15) is 0 Å². The third-order valence-corrected chi connectivity index (χ3v) is 4.20. The summed E-state index contributed by atoms with van der Waals surface area (Å²) in [6, 6.07) is 0. The molecule has 0 N–H and O–H groups in total. The van der Waals surface area contributed by atoms with Gasteiger partial charge < -0.3 is 0 Å². The highest BCUT2D eigenvalue weighted by Crippen LogP contribution is 2.30. The van der Waals surface area contributed by atoms with E-state index >= 15 is 0 Å². The molecule has 42 valence electrons. The first-order valence-electron chi connectivity index (χ1n) is 2.29. The summed E-state index contributed by atoms with van der Waals surface area (Å²) in [5, 5.41) is -0.125. The molecule has 1 aliphatic heterocycles. The summed E-state index contributed by atoms with van der Waals surface area (Å²) < 4.78 is 20.8. The summed E-state index contributed by atoms with van der Waals surface area (Å²) in [7, 11) is -2.57. The Morgan fingerprint density at radius 1 is 1.14 bits per heavy atom. The monoisotopic (exact) mass is 120 g/mol. The van der Waals surface area contributed by atoms with Crippen LogP contribution in [0.25, 0.3) is 0 Å². The van der Waals surface area contributed by atoms with E-state index in [-0.39, 0.29) is 10.5 Å². The van der Waals surface area contributed by atoms with E-state index in [9.17, 15) is 8.42 Å². The molecule has 1 fully saturated rings. The summed E-state index contributed by atoms with van der Waals surface area (Å²) in [5.74, 6) is 0. The zero-order valence-electron chi connectivity index (χ0n) is 4.38. The summed E-state index contributed by atoms with van der Waals surface area (Å²) in [6.45, 7) is 3.47. The van der Waals surface area contributed by atoms with Gasteiger partial charge in [0.05, 0.1) is 10.5 Å². The van der Waals surface area contributed by atoms with Crippen molar-refractivity contribution in [1.82, 2.24) is 0 Å². The van der Waals surface area contributed by atoms with E-state index < -0.39 is 9.84 Å². The second-order valence-corrected chi connectivity index (χ2v) is 4.66. The summed E-state index contributed by atoms with van der Waals surface area (Å²) in [5.41, 5.74) is 0. The second-order valence-electron chi connectivity index (χ2n) is 2.00. The van der Waals surface area contributed by atoms with Gasteiger partial charge in [0.15, 0.2) is 9.84 Å². The van der Waals surface area contributed by atoms with Crippen LogP contribution in [0.2, 0.25) is 0 Å². The fourth-order valence-electron chi connectivity index (χ4n) is 0.561. The average Bonchev–Trinajstić information content (AvgIpc) is 1.91. The average molecular weight is 120 g/mol. The highest BCUT2D eigenvalue weighted by Gasteiger charge is 2.49. The highest BCUT2D eigenvalue weighted by molar-refractivity contribution is 7.99. The Labute approximate surface area is 43.5 Å². The zero-order chi connectivity index (χ0) is 5.65. The van der Waals surface area contributed by atoms with Crippen LogP contribution in [-0.4, -0.2) is 18.9 Å². The third kappa shape index (κ3) is 0.477. The number of rotatable bonds is 0. The largest absolute Gasteiger partial charge is 0.228 e. The van der Waals surface area contributed by atoms with Crippen LogP contribution in [0.1, 0.15) is 13.8 Å². The lowest BCUT2D eigenvalue weighted by Gasteiger charge is -1.58. The molecule has 0 aromatic heterocycles. The molecule has 2 nitrogen and oxygen atoms in total. The van der Waals surface area contributed by atoms with Gasteiger partial charge in [0.1, 0.15) is 0 Å². The molecule has 2 atom stereocenters. The number of hydrogen-bond acceptors (Lipinski definition) is 2. The molecule has 0 bridgehead atoms. The molecular weight excluding hydrogens is 112 g/mol. The smallest absolute Gasteiger partial charge is 0.158 e. The van der Waals surface area contributed by atoms with E-state index in [1.807, 2.05) is 0 Å². The predicted octanol–water partition coefficient (Wildman–Crippen LogP) is 0.192. The standard InChI is InChI=1S/C4H8O2S/c1-3-4(2)7(3,5)6/h3-4H,1-2H3.